The molecule has 2 heterocycles. The molecule has 1 aliphatic carbocycles. The number of aromatic nitrogens is 3. The topological polar surface area (TPSA) is 34.0 Å². The van der Waals surface area contributed by atoms with Gasteiger partial charge in [0.05, 0.1) is 17.6 Å². The van der Waals surface area contributed by atoms with E-state index in [2.05, 4.69) is 58.6 Å². The van der Waals surface area contributed by atoms with E-state index in [0.29, 0.717) is 0 Å². The number of hydrogen-bond donors (Lipinski definition) is 0. The Labute approximate surface area is 165 Å². The van der Waals surface area contributed by atoms with Crippen molar-refractivity contribution >= 4 is 17.4 Å². The van der Waals surface area contributed by atoms with Gasteiger partial charge in [-0.1, -0.05) is 30.0 Å². The summed E-state index contributed by atoms with van der Waals surface area (Å²) in [5.41, 5.74) is 6.45. The van der Waals surface area contributed by atoms with Gasteiger partial charge in [0.2, 0.25) is 0 Å². The van der Waals surface area contributed by atoms with Crippen molar-refractivity contribution in [2.45, 2.75) is 44.0 Å². The minimum Gasteiger partial charge on any atom is -0.372 e. The van der Waals surface area contributed by atoms with E-state index in [4.69, 9.17) is 4.98 Å². The van der Waals surface area contributed by atoms with Crippen LogP contribution in [0, 0.1) is 0 Å². The average molecular weight is 379 g/mol. The molecule has 27 heavy (non-hydrogen) atoms. The molecule has 1 aliphatic rings. The highest BCUT2D eigenvalue weighted by molar-refractivity contribution is 7.98. The molecule has 0 unspecified atom stereocenters. The maximum absolute atomic E-state index is 4.98. The molecule has 0 amide bonds. The Bertz CT molecular complexity index is 900. The van der Waals surface area contributed by atoms with Gasteiger partial charge in [-0.05, 0) is 56.9 Å². The van der Waals surface area contributed by atoms with Crippen molar-refractivity contribution in [2.24, 2.45) is 0 Å². The standard InChI is InChI=1S/C22H26N4S/c1-3-25(4-2)20-12-6-5-9-17(20)16-27-22-24-19-11-7-13-21(19)26(22)18-10-8-14-23-15-18/h5-6,8-10,12,14-15H,3-4,7,11,13,16H2,1-2H3. The van der Waals surface area contributed by atoms with Crippen LogP contribution in [0.4, 0.5) is 5.69 Å². The first-order chi connectivity index (χ1) is 13.3. The number of fused-ring (bicyclic) bond motifs is 1. The Morgan fingerprint density at radius 2 is 1.93 bits per heavy atom. The first-order valence-corrected chi connectivity index (χ1v) is 10.8. The van der Waals surface area contributed by atoms with Gasteiger partial charge in [-0.25, -0.2) is 4.98 Å². The minimum atomic E-state index is 0.919. The largest absolute Gasteiger partial charge is 0.372 e. The fourth-order valence-electron chi connectivity index (χ4n) is 3.85. The average Bonchev–Trinajstić information content (AvgIpc) is 3.29. The molecule has 0 N–H and O–H groups in total. The number of hydrogen-bond acceptors (Lipinski definition) is 4. The lowest BCUT2D eigenvalue weighted by molar-refractivity contribution is 0.782. The van der Waals surface area contributed by atoms with Gasteiger partial charge in [-0.15, -0.1) is 0 Å². The third-order valence-electron chi connectivity index (χ3n) is 5.21. The molecule has 140 valence electrons. The number of benzene rings is 1. The van der Waals surface area contributed by atoms with E-state index in [9.17, 15) is 0 Å². The second kappa shape index (κ2) is 8.17. The third-order valence-corrected chi connectivity index (χ3v) is 6.20. The molecular weight excluding hydrogens is 352 g/mol. The van der Waals surface area contributed by atoms with E-state index in [-0.39, 0.29) is 0 Å². The van der Waals surface area contributed by atoms with Crippen LogP contribution in [-0.4, -0.2) is 27.6 Å². The van der Waals surface area contributed by atoms with E-state index in [1.165, 1.54) is 29.1 Å². The molecule has 0 saturated carbocycles. The van der Waals surface area contributed by atoms with Crippen molar-refractivity contribution < 1.29 is 0 Å². The second-order valence-corrected chi connectivity index (χ2v) is 7.72. The van der Waals surface area contributed by atoms with Crippen molar-refractivity contribution in [2.75, 3.05) is 18.0 Å². The van der Waals surface area contributed by atoms with Gasteiger partial charge in [-0.3, -0.25) is 9.55 Å². The molecule has 0 aliphatic heterocycles. The first-order valence-electron chi connectivity index (χ1n) is 9.78. The zero-order valence-corrected chi connectivity index (χ0v) is 16.9. The number of thioether (sulfide) groups is 1. The lowest BCUT2D eigenvalue weighted by Gasteiger charge is -2.24. The summed E-state index contributed by atoms with van der Waals surface area (Å²) in [5.74, 6) is 0.919. The Morgan fingerprint density at radius 3 is 2.70 bits per heavy atom. The molecule has 0 spiro atoms. The number of imidazole rings is 1. The van der Waals surface area contributed by atoms with Gasteiger partial charge >= 0.3 is 0 Å². The Balaban J connectivity index is 1.64. The summed E-state index contributed by atoms with van der Waals surface area (Å²) in [4.78, 5) is 11.7. The molecule has 4 rings (SSSR count). The molecule has 0 saturated heterocycles. The van der Waals surface area contributed by atoms with Crippen LogP contribution in [0.2, 0.25) is 0 Å². The molecule has 3 aromatic rings. The van der Waals surface area contributed by atoms with Crippen molar-refractivity contribution in [1.82, 2.24) is 14.5 Å². The van der Waals surface area contributed by atoms with Crippen molar-refractivity contribution in [3.05, 3.63) is 65.7 Å². The van der Waals surface area contributed by atoms with Crippen LogP contribution >= 0.6 is 11.8 Å². The van der Waals surface area contributed by atoms with Crippen LogP contribution < -0.4 is 4.90 Å². The lowest BCUT2D eigenvalue weighted by Crippen LogP contribution is -2.22. The van der Waals surface area contributed by atoms with Crippen LogP contribution in [0.5, 0.6) is 0 Å². The van der Waals surface area contributed by atoms with Gasteiger partial charge in [0.15, 0.2) is 5.16 Å². The smallest absolute Gasteiger partial charge is 0.173 e. The minimum absolute atomic E-state index is 0.919. The number of para-hydroxylation sites is 1. The Morgan fingerprint density at radius 1 is 1.07 bits per heavy atom. The summed E-state index contributed by atoms with van der Waals surface area (Å²) in [6.45, 7) is 6.48. The van der Waals surface area contributed by atoms with Gasteiger partial charge in [0, 0.05) is 36.4 Å². The molecule has 0 radical (unpaired) electrons. The highest BCUT2D eigenvalue weighted by Gasteiger charge is 2.23. The van der Waals surface area contributed by atoms with Crippen LogP contribution in [0.15, 0.2) is 53.9 Å². The van der Waals surface area contributed by atoms with Crippen molar-refractivity contribution in [3.63, 3.8) is 0 Å². The van der Waals surface area contributed by atoms with E-state index in [1.54, 1.807) is 0 Å². The fourth-order valence-corrected chi connectivity index (χ4v) is 4.90. The van der Waals surface area contributed by atoms with Crippen molar-refractivity contribution in [1.29, 1.82) is 0 Å². The van der Waals surface area contributed by atoms with Crippen LogP contribution in [0.25, 0.3) is 5.69 Å². The molecule has 5 heteroatoms. The van der Waals surface area contributed by atoms with E-state index < -0.39 is 0 Å². The predicted molar refractivity (Wildman–Crippen MR) is 113 cm³/mol. The van der Waals surface area contributed by atoms with Crippen LogP contribution in [-0.2, 0) is 18.6 Å². The molecule has 0 fully saturated rings. The van der Waals surface area contributed by atoms with Crippen molar-refractivity contribution in [3.8, 4) is 5.69 Å². The maximum atomic E-state index is 4.98. The predicted octanol–water partition coefficient (Wildman–Crippen LogP) is 4.89. The first kappa shape index (κ1) is 18.1. The molecule has 4 nitrogen and oxygen atoms in total. The summed E-state index contributed by atoms with van der Waals surface area (Å²) < 4.78 is 2.32. The third kappa shape index (κ3) is 3.61. The van der Waals surface area contributed by atoms with E-state index >= 15 is 0 Å². The maximum Gasteiger partial charge on any atom is 0.173 e. The number of aryl methyl sites for hydroxylation is 1. The van der Waals surface area contributed by atoms with Gasteiger partial charge in [-0.2, -0.15) is 0 Å². The quantitative estimate of drug-likeness (QED) is 0.548. The molecule has 1 aromatic carbocycles. The van der Waals surface area contributed by atoms with Gasteiger partial charge < -0.3 is 4.90 Å². The molecular formula is C22H26N4S. The second-order valence-electron chi connectivity index (χ2n) is 6.78. The summed E-state index contributed by atoms with van der Waals surface area (Å²) in [6, 6.07) is 12.9. The summed E-state index contributed by atoms with van der Waals surface area (Å²) in [5, 5.41) is 1.09. The van der Waals surface area contributed by atoms with Gasteiger partial charge in [0.1, 0.15) is 0 Å². The number of nitrogens with zero attached hydrogens (tertiary/aromatic N) is 4. The summed E-state index contributed by atoms with van der Waals surface area (Å²) in [7, 11) is 0. The molecule has 0 bridgehead atoms. The Kier molecular flexibility index (Phi) is 5.48. The van der Waals surface area contributed by atoms with Crippen LogP contribution in [0.3, 0.4) is 0 Å². The monoisotopic (exact) mass is 378 g/mol. The number of rotatable bonds is 7. The normalized spacial score (nSPS) is 13.0. The SMILES string of the molecule is CCN(CC)c1ccccc1CSc1nc2c(n1-c1cccnc1)CCC2. The van der Waals surface area contributed by atoms with E-state index in [1.807, 2.05) is 30.2 Å². The summed E-state index contributed by atoms with van der Waals surface area (Å²) >= 11 is 1.83. The Hall–Kier alpha value is -2.27. The zero-order chi connectivity index (χ0) is 18.6. The lowest BCUT2D eigenvalue weighted by atomic mass is 10.2. The van der Waals surface area contributed by atoms with Crippen LogP contribution in [0.1, 0.15) is 37.2 Å². The van der Waals surface area contributed by atoms with E-state index in [0.717, 1.165) is 42.5 Å². The number of anilines is 1. The fraction of sp³-hybridized carbons (Fsp3) is 0.364. The molecule has 0 atom stereocenters. The number of pyridine rings is 1. The summed E-state index contributed by atoms with van der Waals surface area (Å²) in [6.07, 6.45) is 7.16. The molecule has 2 aromatic heterocycles. The highest BCUT2D eigenvalue weighted by Crippen LogP contribution is 2.34. The highest BCUT2D eigenvalue weighted by atomic mass is 32.2. The van der Waals surface area contributed by atoms with Gasteiger partial charge in [0.25, 0.3) is 0 Å². The zero-order valence-electron chi connectivity index (χ0n) is 16.1.